The lowest BCUT2D eigenvalue weighted by Crippen LogP contribution is -2.29. The first kappa shape index (κ1) is 13.1. The Morgan fingerprint density at radius 1 is 1.37 bits per heavy atom. The lowest BCUT2D eigenvalue weighted by molar-refractivity contribution is 0.0951. The molecule has 3 N–H and O–H groups in total. The van der Waals surface area contributed by atoms with E-state index in [0.29, 0.717) is 23.8 Å². The normalized spacial score (nSPS) is 13.5. The third-order valence-electron chi connectivity index (χ3n) is 2.70. The zero-order valence-corrected chi connectivity index (χ0v) is 10.6. The van der Waals surface area contributed by atoms with Gasteiger partial charge in [0.05, 0.1) is 0 Å². The Hall–Kier alpha value is -2.30. The molecule has 3 amide bonds. The second kappa shape index (κ2) is 6.04. The van der Waals surface area contributed by atoms with Gasteiger partial charge in [-0.2, -0.15) is 0 Å². The van der Waals surface area contributed by atoms with Crippen LogP contribution in [0.1, 0.15) is 23.2 Å². The Labute approximate surface area is 112 Å². The van der Waals surface area contributed by atoms with Gasteiger partial charge in [-0.15, -0.1) is 6.58 Å². The first-order chi connectivity index (χ1) is 9.19. The molecule has 0 saturated heterocycles. The highest BCUT2D eigenvalue weighted by molar-refractivity contribution is 5.97. The highest BCUT2D eigenvalue weighted by Gasteiger charge is 2.23. The molecule has 0 radical (unpaired) electrons. The average Bonchev–Trinajstić information content (AvgIpc) is 3.20. The van der Waals surface area contributed by atoms with Crippen molar-refractivity contribution in [2.24, 2.45) is 0 Å². The summed E-state index contributed by atoms with van der Waals surface area (Å²) in [6.45, 7) is 3.91. The Morgan fingerprint density at radius 2 is 2.16 bits per heavy atom. The summed E-state index contributed by atoms with van der Waals surface area (Å²) in [6.07, 6.45) is 3.69. The van der Waals surface area contributed by atoms with Gasteiger partial charge in [-0.3, -0.25) is 4.79 Å². The van der Waals surface area contributed by atoms with E-state index in [1.54, 1.807) is 30.3 Å². The zero-order chi connectivity index (χ0) is 13.7. The molecule has 19 heavy (non-hydrogen) atoms. The van der Waals surface area contributed by atoms with Crippen LogP contribution in [0, 0.1) is 0 Å². The van der Waals surface area contributed by atoms with E-state index in [0.717, 1.165) is 12.8 Å². The summed E-state index contributed by atoms with van der Waals surface area (Å²) in [5.41, 5.74) is 1.14. The van der Waals surface area contributed by atoms with Crippen molar-refractivity contribution in [3.63, 3.8) is 0 Å². The lowest BCUT2D eigenvalue weighted by Gasteiger charge is -2.08. The molecule has 0 spiro atoms. The number of anilines is 1. The molecular weight excluding hydrogens is 242 g/mol. The summed E-state index contributed by atoms with van der Waals surface area (Å²) in [7, 11) is 0. The van der Waals surface area contributed by atoms with E-state index in [2.05, 4.69) is 22.5 Å². The summed E-state index contributed by atoms with van der Waals surface area (Å²) < 4.78 is 0. The quantitative estimate of drug-likeness (QED) is 0.707. The highest BCUT2D eigenvalue weighted by atomic mass is 16.2. The van der Waals surface area contributed by atoms with Gasteiger partial charge in [-0.1, -0.05) is 12.1 Å². The Balaban J connectivity index is 1.95. The fraction of sp³-hybridized carbons (Fsp3) is 0.286. The number of carbonyl (C=O) groups is 2. The molecule has 0 atom stereocenters. The molecule has 0 aromatic heterocycles. The van der Waals surface area contributed by atoms with Crippen LogP contribution in [0.3, 0.4) is 0 Å². The third kappa shape index (κ3) is 4.13. The number of urea groups is 1. The molecule has 5 heteroatoms. The van der Waals surface area contributed by atoms with Crippen LogP contribution in [0.5, 0.6) is 0 Å². The Kier molecular flexibility index (Phi) is 4.18. The van der Waals surface area contributed by atoms with Gasteiger partial charge in [0.15, 0.2) is 0 Å². The number of hydrogen-bond acceptors (Lipinski definition) is 2. The predicted molar refractivity (Wildman–Crippen MR) is 74.1 cm³/mol. The fourth-order valence-corrected chi connectivity index (χ4v) is 1.57. The standard InChI is InChI=1S/C14H17N3O2/c1-2-8-15-14(19)17-12-5-3-4-10(9-12)13(18)16-11-6-7-11/h2-5,9,11H,1,6-8H2,(H,16,18)(H2,15,17,19). The topological polar surface area (TPSA) is 70.2 Å². The molecule has 5 nitrogen and oxygen atoms in total. The molecule has 0 bridgehead atoms. The Morgan fingerprint density at radius 3 is 2.84 bits per heavy atom. The molecule has 0 heterocycles. The van der Waals surface area contributed by atoms with E-state index >= 15 is 0 Å². The maximum absolute atomic E-state index is 11.9. The van der Waals surface area contributed by atoms with Crippen molar-refractivity contribution < 1.29 is 9.59 Å². The first-order valence-electron chi connectivity index (χ1n) is 6.25. The SMILES string of the molecule is C=CCNC(=O)Nc1cccc(C(=O)NC2CC2)c1. The van der Waals surface area contributed by atoms with Crippen LogP contribution in [-0.4, -0.2) is 24.5 Å². The number of nitrogens with one attached hydrogen (secondary N) is 3. The minimum Gasteiger partial charge on any atom is -0.349 e. The van der Waals surface area contributed by atoms with E-state index in [1.807, 2.05) is 0 Å². The number of hydrogen-bond donors (Lipinski definition) is 3. The number of rotatable bonds is 5. The molecular formula is C14H17N3O2. The third-order valence-corrected chi connectivity index (χ3v) is 2.70. The van der Waals surface area contributed by atoms with Gasteiger partial charge in [-0.05, 0) is 31.0 Å². The maximum Gasteiger partial charge on any atom is 0.319 e. The molecule has 0 unspecified atom stereocenters. The van der Waals surface area contributed by atoms with E-state index in [1.165, 1.54) is 0 Å². The summed E-state index contributed by atoms with van der Waals surface area (Å²) in [4.78, 5) is 23.3. The smallest absolute Gasteiger partial charge is 0.319 e. The van der Waals surface area contributed by atoms with Crippen molar-refractivity contribution in [2.45, 2.75) is 18.9 Å². The Bertz CT molecular complexity index is 495. The zero-order valence-electron chi connectivity index (χ0n) is 10.6. The van der Waals surface area contributed by atoms with Crippen LogP contribution in [0.4, 0.5) is 10.5 Å². The van der Waals surface area contributed by atoms with E-state index in [-0.39, 0.29) is 11.9 Å². The minimum absolute atomic E-state index is 0.0994. The van der Waals surface area contributed by atoms with Gasteiger partial charge < -0.3 is 16.0 Å². The molecule has 1 saturated carbocycles. The van der Waals surface area contributed by atoms with Gasteiger partial charge >= 0.3 is 6.03 Å². The van der Waals surface area contributed by atoms with Crippen molar-refractivity contribution in [1.82, 2.24) is 10.6 Å². The van der Waals surface area contributed by atoms with Gasteiger partial charge in [0.1, 0.15) is 0 Å². The number of carbonyl (C=O) groups excluding carboxylic acids is 2. The molecule has 2 rings (SSSR count). The van der Waals surface area contributed by atoms with Gasteiger partial charge in [0.2, 0.25) is 0 Å². The largest absolute Gasteiger partial charge is 0.349 e. The molecule has 0 aliphatic heterocycles. The molecule has 1 aliphatic carbocycles. The summed E-state index contributed by atoms with van der Waals surface area (Å²) >= 11 is 0. The van der Waals surface area contributed by atoms with Crippen LogP contribution in [0.15, 0.2) is 36.9 Å². The van der Waals surface area contributed by atoms with Gasteiger partial charge in [-0.25, -0.2) is 4.79 Å². The van der Waals surface area contributed by atoms with E-state index in [9.17, 15) is 9.59 Å². The summed E-state index contributed by atoms with van der Waals surface area (Å²) in [5.74, 6) is -0.0994. The number of amides is 3. The van der Waals surface area contributed by atoms with Crippen molar-refractivity contribution in [3.05, 3.63) is 42.5 Å². The number of benzene rings is 1. The van der Waals surface area contributed by atoms with Crippen LogP contribution in [0.2, 0.25) is 0 Å². The average molecular weight is 259 g/mol. The predicted octanol–water partition coefficient (Wildman–Crippen LogP) is 1.89. The van der Waals surface area contributed by atoms with Crippen molar-refractivity contribution in [3.8, 4) is 0 Å². The van der Waals surface area contributed by atoms with Crippen LogP contribution in [-0.2, 0) is 0 Å². The second-order valence-electron chi connectivity index (χ2n) is 4.45. The monoisotopic (exact) mass is 259 g/mol. The van der Waals surface area contributed by atoms with Crippen LogP contribution >= 0.6 is 0 Å². The summed E-state index contributed by atoms with van der Waals surface area (Å²) in [5, 5.41) is 8.17. The van der Waals surface area contributed by atoms with E-state index < -0.39 is 0 Å². The van der Waals surface area contributed by atoms with E-state index in [4.69, 9.17) is 0 Å². The lowest BCUT2D eigenvalue weighted by atomic mass is 10.2. The summed E-state index contributed by atoms with van der Waals surface area (Å²) in [6, 6.07) is 6.86. The van der Waals surface area contributed by atoms with Gasteiger partial charge in [0, 0.05) is 23.8 Å². The minimum atomic E-state index is -0.320. The molecule has 1 aliphatic rings. The van der Waals surface area contributed by atoms with Gasteiger partial charge in [0.25, 0.3) is 5.91 Å². The van der Waals surface area contributed by atoms with Crippen LogP contribution in [0.25, 0.3) is 0 Å². The fourth-order valence-electron chi connectivity index (χ4n) is 1.57. The first-order valence-corrected chi connectivity index (χ1v) is 6.25. The highest BCUT2D eigenvalue weighted by Crippen LogP contribution is 2.20. The molecule has 1 aromatic carbocycles. The molecule has 1 aromatic rings. The molecule has 100 valence electrons. The van der Waals surface area contributed by atoms with Crippen molar-refractivity contribution in [2.75, 3.05) is 11.9 Å². The van der Waals surface area contributed by atoms with Crippen molar-refractivity contribution >= 4 is 17.6 Å². The van der Waals surface area contributed by atoms with Crippen LogP contribution < -0.4 is 16.0 Å². The second-order valence-corrected chi connectivity index (χ2v) is 4.45. The maximum atomic E-state index is 11.9. The molecule has 1 fully saturated rings. The van der Waals surface area contributed by atoms with Crippen molar-refractivity contribution in [1.29, 1.82) is 0 Å².